The van der Waals surface area contributed by atoms with Gasteiger partial charge in [0.15, 0.2) is 0 Å². The number of hydrogen-bond donors (Lipinski definition) is 0. The first-order chi connectivity index (χ1) is 7.83. The Hall–Kier alpha value is -1.03. The first kappa shape index (κ1) is 10.1. The van der Waals surface area contributed by atoms with Gasteiger partial charge in [0.05, 0.1) is 6.54 Å². The lowest BCUT2D eigenvalue weighted by Crippen LogP contribution is -2.32. The summed E-state index contributed by atoms with van der Waals surface area (Å²) in [6.07, 6.45) is 1.00. The zero-order chi connectivity index (χ0) is 11.0. The third-order valence-electron chi connectivity index (χ3n) is 3.20. The van der Waals surface area contributed by atoms with Crippen LogP contribution in [0.3, 0.4) is 0 Å². The highest BCUT2D eigenvalue weighted by molar-refractivity contribution is 9.10. The number of nitrogens with zero attached hydrogens (tertiary/aromatic N) is 2. The summed E-state index contributed by atoms with van der Waals surface area (Å²) in [6, 6.07) is 8.58. The molecule has 0 aromatic heterocycles. The second-order valence-corrected chi connectivity index (χ2v) is 5.16. The highest BCUT2D eigenvalue weighted by atomic mass is 79.9. The summed E-state index contributed by atoms with van der Waals surface area (Å²) in [6.45, 7) is 2.77. The second-order valence-electron chi connectivity index (χ2n) is 4.24. The minimum absolute atomic E-state index is 0.563. The molecule has 1 atom stereocenters. The molecule has 16 heavy (non-hydrogen) atoms. The Bertz CT molecular complexity index is 416. The van der Waals surface area contributed by atoms with Gasteiger partial charge < -0.3 is 9.74 Å². The summed E-state index contributed by atoms with van der Waals surface area (Å²) in [4.78, 5) is 7.46. The van der Waals surface area contributed by atoms with E-state index in [4.69, 9.17) is 4.84 Å². The monoisotopic (exact) mass is 280 g/mol. The van der Waals surface area contributed by atoms with E-state index in [0.29, 0.717) is 5.92 Å². The number of benzene rings is 1. The molecule has 84 valence electrons. The lowest BCUT2D eigenvalue weighted by Gasteiger charge is -2.21. The van der Waals surface area contributed by atoms with Gasteiger partial charge in [-0.1, -0.05) is 33.2 Å². The van der Waals surface area contributed by atoms with Gasteiger partial charge >= 0.3 is 0 Å². The molecule has 0 bridgehead atoms. The summed E-state index contributed by atoms with van der Waals surface area (Å²) in [5.41, 5.74) is 1.39. The van der Waals surface area contributed by atoms with Crippen LogP contribution in [-0.4, -0.2) is 30.4 Å². The Balaban J connectivity index is 1.80. The first-order valence-electron chi connectivity index (χ1n) is 5.52. The van der Waals surface area contributed by atoms with Crippen LogP contribution in [-0.2, 0) is 4.84 Å². The number of halogens is 1. The van der Waals surface area contributed by atoms with Crippen molar-refractivity contribution in [3.05, 3.63) is 34.3 Å². The highest BCUT2D eigenvalue weighted by Crippen LogP contribution is 2.30. The molecule has 1 aromatic rings. The van der Waals surface area contributed by atoms with Gasteiger partial charge in [-0.15, -0.1) is 0 Å². The Morgan fingerprint density at radius 2 is 2.12 bits per heavy atom. The van der Waals surface area contributed by atoms with Crippen molar-refractivity contribution in [3.63, 3.8) is 0 Å². The van der Waals surface area contributed by atoms with Gasteiger partial charge in [0.1, 0.15) is 12.4 Å². The largest absolute Gasteiger partial charge is 0.392 e. The number of rotatable bonds is 1. The van der Waals surface area contributed by atoms with Crippen LogP contribution in [0.15, 0.2) is 33.9 Å². The average Bonchev–Trinajstić information content (AvgIpc) is 2.73. The molecule has 3 nitrogen and oxygen atoms in total. The van der Waals surface area contributed by atoms with Gasteiger partial charge in [0, 0.05) is 23.4 Å². The van der Waals surface area contributed by atoms with E-state index in [1.54, 1.807) is 0 Å². The zero-order valence-corrected chi connectivity index (χ0v) is 10.5. The first-order valence-corrected chi connectivity index (χ1v) is 6.31. The Morgan fingerprint density at radius 3 is 2.88 bits per heavy atom. The summed E-state index contributed by atoms with van der Waals surface area (Å²) >= 11 is 3.46. The van der Waals surface area contributed by atoms with Crippen molar-refractivity contribution in [3.8, 4) is 0 Å². The summed E-state index contributed by atoms with van der Waals surface area (Å²) in [5, 5.41) is 4.12. The fourth-order valence-corrected chi connectivity index (χ4v) is 2.59. The molecule has 0 unspecified atom stereocenters. The summed E-state index contributed by atoms with van der Waals surface area (Å²) in [7, 11) is 0. The van der Waals surface area contributed by atoms with Gasteiger partial charge in [-0.25, -0.2) is 0 Å². The van der Waals surface area contributed by atoms with E-state index in [-0.39, 0.29) is 0 Å². The predicted molar refractivity (Wildman–Crippen MR) is 66.5 cm³/mol. The molecule has 2 heterocycles. The molecule has 0 spiro atoms. The molecule has 0 radical (unpaired) electrons. The van der Waals surface area contributed by atoms with Crippen molar-refractivity contribution in [2.45, 2.75) is 12.3 Å². The standard InChI is InChI=1S/C12H13BrN2O/c13-11-3-1-9(2-4-11)10-7-12-14-16-6-5-15(12)8-10/h1-4,10H,5-8H2/t10-/m0/s1. The fraction of sp³-hybridized carbons (Fsp3) is 0.417. The zero-order valence-electron chi connectivity index (χ0n) is 8.90. The van der Waals surface area contributed by atoms with Crippen LogP contribution in [0, 0.1) is 0 Å². The van der Waals surface area contributed by atoms with E-state index in [9.17, 15) is 0 Å². The van der Waals surface area contributed by atoms with Crippen molar-refractivity contribution in [1.82, 2.24) is 4.90 Å². The maximum Gasteiger partial charge on any atom is 0.145 e. The molecular formula is C12H13BrN2O. The van der Waals surface area contributed by atoms with E-state index in [1.807, 2.05) is 0 Å². The van der Waals surface area contributed by atoms with Crippen LogP contribution in [0.4, 0.5) is 0 Å². The van der Waals surface area contributed by atoms with Crippen LogP contribution in [0.5, 0.6) is 0 Å². The molecule has 1 aromatic carbocycles. The molecule has 1 saturated heterocycles. The molecule has 0 aliphatic carbocycles. The maximum atomic E-state index is 5.13. The van der Waals surface area contributed by atoms with Gasteiger partial charge in [0.25, 0.3) is 0 Å². The van der Waals surface area contributed by atoms with Gasteiger partial charge in [-0.05, 0) is 17.7 Å². The normalized spacial score (nSPS) is 23.7. The Kier molecular flexibility index (Phi) is 2.59. The Morgan fingerprint density at radius 1 is 1.31 bits per heavy atom. The lowest BCUT2D eigenvalue weighted by molar-refractivity contribution is 0.106. The molecule has 2 aliphatic rings. The van der Waals surface area contributed by atoms with E-state index in [1.165, 1.54) is 5.56 Å². The van der Waals surface area contributed by atoms with Crippen molar-refractivity contribution in [1.29, 1.82) is 0 Å². The number of oxime groups is 1. The molecule has 2 aliphatic heterocycles. The predicted octanol–water partition coefficient (Wildman–Crippen LogP) is 2.58. The molecular weight excluding hydrogens is 268 g/mol. The van der Waals surface area contributed by atoms with Gasteiger partial charge in [-0.3, -0.25) is 0 Å². The fourth-order valence-electron chi connectivity index (χ4n) is 2.33. The Labute approximate surface area is 103 Å². The molecule has 0 N–H and O–H groups in total. The maximum absolute atomic E-state index is 5.13. The van der Waals surface area contributed by atoms with Crippen LogP contribution >= 0.6 is 15.9 Å². The minimum Gasteiger partial charge on any atom is -0.392 e. The van der Waals surface area contributed by atoms with Crippen molar-refractivity contribution in [2.75, 3.05) is 19.7 Å². The molecule has 0 saturated carbocycles. The second kappa shape index (κ2) is 4.09. The third kappa shape index (κ3) is 1.82. The number of fused-ring (bicyclic) bond motifs is 1. The SMILES string of the molecule is Brc1ccc([C@H]2CC3=NOCCN3C2)cc1. The van der Waals surface area contributed by atoms with E-state index >= 15 is 0 Å². The number of amidine groups is 1. The van der Waals surface area contributed by atoms with Crippen molar-refractivity contribution >= 4 is 21.8 Å². The van der Waals surface area contributed by atoms with E-state index < -0.39 is 0 Å². The smallest absolute Gasteiger partial charge is 0.145 e. The average molecular weight is 281 g/mol. The molecule has 1 fully saturated rings. The van der Waals surface area contributed by atoms with Gasteiger partial charge in [0.2, 0.25) is 0 Å². The van der Waals surface area contributed by atoms with E-state index in [2.05, 4.69) is 50.3 Å². The molecule has 3 rings (SSSR count). The minimum atomic E-state index is 0.563. The van der Waals surface area contributed by atoms with Crippen LogP contribution in [0.25, 0.3) is 0 Å². The summed E-state index contributed by atoms with van der Waals surface area (Å²) < 4.78 is 1.13. The van der Waals surface area contributed by atoms with Crippen LogP contribution in [0.1, 0.15) is 17.9 Å². The quantitative estimate of drug-likeness (QED) is 0.790. The highest BCUT2D eigenvalue weighted by Gasteiger charge is 2.30. The lowest BCUT2D eigenvalue weighted by atomic mass is 9.98. The van der Waals surface area contributed by atoms with Crippen molar-refractivity contribution < 1.29 is 4.84 Å². The third-order valence-corrected chi connectivity index (χ3v) is 3.73. The van der Waals surface area contributed by atoms with Crippen molar-refractivity contribution in [2.24, 2.45) is 5.16 Å². The summed E-state index contributed by atoms with van der Waals surface area (Å²) in [5.74, 6) is 1.67. The molecule has 0 amide bonds. The van der Waals surface area contributed by atoms with Crippen LogP contribution in [0.2, 0.25) is 0 Å². The molecule has 4 heteroatoms. The topological polar surface area (TPSA) is 24.8 Å². The van der Waals surface area contributed by atoms with Crippen LogP contribution < -0.4 is 0 Å². The van der Waals surface area contributed by atoms with E-state index in [0.717, 1.165) is 36.4 Å². The van der Waals surface area contributed by atoms with Gasteiger partial charge in [-0.2, -0.15) is 0 Å². The number of hydrogen-bond acceptors (Lipinski definition) is 3.